The number of carbonyl (C=O) groups is 1. The van der Waals surface area contributed by atoms with Gasteiger partial charge in [-0.05, 0) is 80.9 Å². The Balaban J connectivity index is 0. The van der Waals surface area contributed by atoms with Crippen molar-refractivity contribution in [3.8, 4) is 0 Å². The van der Waals surface area contributed by atoms with Gasteiger partial charge < -0.3 is 5.73 Å². The van der Waals surface area contributed by atoms with Gasteiger partial charge in [0.1, 0.15) is 11.6 Å². The molecule has 0 saturated heterocycles. The summed E-state index contributed by atoms with van der Waals surface area (Å²) in [5.41, 5.74) is 7.20. The van der Waals surface area contributed by atoms with E-state index in [0.29, 0.717) is 23.5 Å². The van der Waals surface area contributed by atoms with Gasteiger partial charge in [0.05, 0.1) is 0 Å². The highest BCUT2D eigenvalue weighted by atomic mass is 19.3. The summed E-state index contributed by atoms with van der Waals surface area (Å²) in [7, 11) is 0. The van der Waals surface area contributed by atoms with Crippen molar-refractivity contribution in [2.45, 2.75) is 85.6 Å². The second kappa shape index (κ2) is 17.3. The van der Waals surface area contributed by atoms with Crippen LogP contribution in [0.4, 0.5) is 17.6 Å². The summed E-state index contributed by atoms with van der Waals surface area (Å²) in [5, 5.41) is 0. The van der Waals surface area contributed by atoms with Crippen molar-refractivity contribution >= 4 is 5.78 Å². The molecule has 1 unspecified atom stereocenters. The monoisotopic (exact) mass is 471 g/mol. The number of allylic oxidation sites excluding steroid dienone is 4. The van der Waals surface area contributed by atoms with Crippen LogP contribution in [0.15, 0.2) is 54.7 Å². The zero-order chi connectivity index (χ0) is 26.2. The summed E-state index contributed by atoms with van der Waals surface area (Å²) in [4.78, 5) is 10.0. The molecular formula is C27H41F4NO. The van der Waals surface area contributed by atoms with Gasteiger partial charge >= 0.3 is 0 Å². The van der Waals surface area contributed by atoms with Gasteiger partial charge in [0.15, 0.2) is 5.78 Å². The first kappa shape index (κ1) is 33.0. The minimum absolute atomic E-state index is 0.0394. The molecule has 6 heteroatoms. The van der Waals surface area contributed by atoms with Crippen molar-refractivity contribution in [3.63, 3.8) is 0 Å². The standard InChI is InChI=1S/C15H23F2N.C7H10F2.C5H8O/c1-3-5-11(6-4-2)15(18)10-12-9-13(16)7-8-14(12)17;1-4-5-6(2)7(3,8)9;1-4(2)5(3)6/h7-9,11,15H,3-6,10,18H2,1-2H3;4-5H,1H2,2-3H3;1H2,2-3H3/b;6-5+;. The van der Waals surface area contributed by atoms with Crippen molar-refractivity contribution in [1.82, 2.24) is 0 Å². The zero-order valence-electron chi connectivity index (χ0n) is 21.0. The third-order valence-corrected chi connectivity index (χ3v) is 5.05. The number of hydrogen-bond acceptors (Lipinski definition) is 2. The molecular weight excluding hydrogens is 430 g/mol. The lowest BCUT2D eigenvalue weighted by atomic mass is 9.87. The zero-order valence-corrected chi connectivity index (χ0v) is 21.0. The first-order chi connectivity index (χ1) is 15.2. The quantitative estimate of drug-likeness (QED) is 0.214. The summed E-state index contributed by atoms with van der Waals surface area (Å²) < 4.78 is 51.0. The van der Waals surface area contributed by atoms with Gasteiger partial charge in [-0.3, -0.25) is 4.79 Å². The van der Waals surface area contributed by atoms with E-state index in [4.69, 9.17) is 5.73 Å². The van der Waals surface area contributed by atoms with E-state index in [2.05, 4.69) is 27.0 Å². The average molecular weight is 472 g/mol. The molecule has 0 aliphatic rings. The summed E-state index contributed by atoms with van der Waals surface area (Å²) in [5.74, 6) is -3.01. The molecule has 33 heavy (non-hydrogen) atoms. The van der Waals surface area contributed by atoms with E-state index in [9.17, 15) is 22.4 Å². The van der Waals surface area contributed by atoms with E-state index in [1.807, 2.05) is 0 Å². The van der Waals surface area contributed by atoms with Gasteiger partial charge in [-0.15, -0.1) is 0 Å². The Hall–Kier alpha value is -2.21. The molecule has 0 aliphatic heterocycles. The van der Waals surface area contributed by atoms with Crippen LogP contribution < -0.4 is 5.73 Å². The van der Waals surface area contributed by atoms with Crippen LogP contribution >= 0.6 is 0 Å². The highest BCUT2D eigenvalue weighted by Gasteiger charge is 2.22. The first-order valence-corrected chi connectivity index (χ1v) is 11.2. The summed E-state index contributed by atoms with van der Waals surface area (Å²) in [6.45, 7) is 16.4. The molecule has 188 valence electrons. The van der Waals surface area contributed by atoms with E-state index in [0.717, 1.165) is 38.7 Å². The third kappa shape index (κ3) is 16.1. The maximum atomic E-state index is 13.5. The molecule has 0 saturated carbocycles. The molecule has 0 bridgehead atoms. The molecule has 0 aliphatic carbocycles. The van der Waals surface area contributed by atoms with Crippen molar-refractivity contribution in [2.24, 2.45) is 11.7 Å². The molecule has 0 spiro atoms. The fraction of sp³-hybridized carbons (Fsp3) is 0.519. The maximum Gasteiger partial charge on any atom is 0.266 e. The number of ketones is 1. The highest BCUT2D eigenvalue weighted by molar-refractivity contribution is 5.91. The van der Waals surface area contributed by atoms with Crippen LogP contribution in [0.2, 0.25) is 0 Å². The Morgan fingerprint density at radius 2 is 1.61 bits per heavy atom. The summed E-state index contributed by atoms with van der Waals surface area (Å²) in [6, 6.07) is 3.47. The number of hydrogen-bond donors (Lipinski definition) is 1. The predicted molar refractivity (Wildman–Crippen MR) is 131 cm³/mol. The van der Waals surface area contributed by atoms with E-state index >= 15 is 0 Å². The van der Waals surface area contributed by atoms with Gasteiger partial charge in [-0.1, -0.05) is 52.0 Å². The predicted octanol–water partition coefficient (Wildman–Crippen LogP) is 7.98. The van der Waals surface area contributed by atoms with Crippen molar-refractivity contribution in [1.29, 1.82) is 0 Å². The van der Waals surface area contributed by atoms with Crippen molar-refractivity contribution < 1.29 is 22.4 Å². The van der Waals surface area contributed by atoms with Crippen LogP contribution in [0.3, 0.4) is 0 Å². The smallest absolute Gasteiger partial charge is 0.266 e. The first-order valence-electron chi connectivity index (χ1n) is 11.2. The number of halogens is 4. The Bertz CT molecular complexity index is 748. The normalized spacial score (nSPS) is 12.2. The van der Waals surface area contributed by atoms with Crippen LogP contribution in [0.25, 0.3) is 0 Å². The van der Waals surface area contributed by atoms with Crippen LogP contribution in [0.1, 0.15) is 72.8 Å². The molecule has 0 heterocycles. The molecule has 0 fully saturated rings. The van der Waals surface area contributed by atoms with E-state index < -0.39 is 11.7 Å². The van der Waals surface area contributed by atoms with E-state index in [1.54, 1.807) is 6.92 Å². The lowest BCUT2D eigenvalue weighted by molar-refractivity contribution is -0.113. The summed E-state index contributed by atoms with van der Waals surface area (Å²) >= 11 is 0. The third-order valence-electron chi connectivity index (χ3n) is 5.05. The number of benzene rings is 1. The number of Topliss-reactive ketones (excluding diaryl/α,β-unsaturated/α-hetero) is 1. The Labute approximate surface area is 197 Å². The van der Waals surface area contributed by atoms with Gasteiger partial charge in [-0.25, -0.2) is 17.6 Å². The van der Waals surface area contributed by atoms with Crippen molar-refractivity contribution in [3.05, 3.63) is 71.9 Å². The van der Waals surface area contributed by atoms with Crippen LogP contribution in [-0.4, -0.2) is 17.7 Å². The van der Waals surface area contributed by atoms with Crippen LogP contribution in [0.5, 0.6) is 0 Å². The number of alkyl halides is 2. The van der Waals surface area contributed by atoms with Gasteiger partial charge in [0.25, 0.3) is 5.92 Å². The fourth-order valence-corrected chi connectivity index (χ4v) is 2.76. The largest absolute Gasteiger partial charge is 0.327 e. The highest BCUT2D eigenvalue weighted by Crippen LogP contribution is 2.22. The number of rotatable bonds is 10. The molecule has 0 radical (unpaired) electrons. The maximum absolute atomic E-state index is 13.5. The van der Waals surface area contributed by atoms with E-state index in [1.165, 1.54) is 38.1 Å². The molecule has 1 aromatic carbocycles. The fourth-order valence-electron chi connectivity index (χ4n) is 2.76. The van der Waals surface area contributed by atoms with Gasteiger partial charge in [0, 0.05) is 13.0 Å². The van der Waals surface area contributed by atoms with Crippen LogP contribution in [0, 0.1) is 17.6 Å². The molecule has 1 rings (SSSR count). The number of nitrogens with two attached hydrogens (primary N) is 1. The minimum Gasteiger partial charge on any atom is -0.327 e. The Morgan fingerprint density at radius 1 is 1.12 bits per heavy atom. The van der Waals surface area contributed by atoms with Crippen molar-refractivity contribution in [2.75, 3.05) is 0 Å². The molecule has 1 aromatic rings. The Morgan fingerprint density at radius 3 is 1.94 bits per heavy atom. The Kier molecular flexibility index (Phi) is 17.3. The molecule has 0 aromatic heterocycles. The lowest BCUT2D eigenvalue weighted by Gasteiger charge is -2.23. The average Bonchev–Trinajstić information content (AvgIpc) is 2.71. The molecule has 2 N–H and O–H groups in total. The lowest BCUT2D eigenvalue weighted by Crippen LogP contribution is -2.32. The van der Waals surface area contributed by atoms with Gasteiger partial charge in [0.2, 0.25) is 0 Å². The number of carbonyl (C=O) groups excluding carboxylic acids is 1. The molecule has 1 atom stereocenters. The second-order valence-electron chi connectivity index (χ2n) is 8.25. The topological polar surface area (TPSA) is 43.1 Å². The SMILES string of the molecule is C=C(C)C(C)=O.C=C/C=C(\C)C(C)(F)F.CCCC(CCC)C(N)Cc1cc(F)ccc1F. The molecule has 0 amide bonds. The van der Waals surface area contributed by atoms with E-state index in [-0.39, 0.29) is 23.2 Å². The van der Waals surface area contributed by atoms with Gasteiger partial charge in [-0.2, -0.15) is 0 Å². The summed E-state index contributed by atoms with van der Waals surface area (Å²) in [6.07, 6.45) is 7.31. The molecule has 2 nitrogen and oxygen atoms in total. The van der Waals surface area contributed by atoms with Crippen LogP contribution in [-0.2, 0) is 11.2 Å². The second-order valence-corrected chi connectivity index (χ2v) is 8.25. The minimum atomic E-state index is -2.70.